The summed E-state index contributed by atoms with van der Waals surface area (Å²) in [4.78, 5) is 21.3. The van der Waals surface area contributed by atoms with E-state index in [1.54, 1.807) is 13.3 Å². The molecule has 36 heavy (non-hydrogen) atoms. The molecule has 1 fully saturated rings. The molecule has 1 N–H and O–H groups in total. The van der Waals surface area contributed by atoms with E-state index in [1.807, 2.05) is 18.2 Å². The van der Waals surface area contributed by atoms with Crippen molar-refractivity contribution in [2.24, 2.45) is 0 Å². The van der Waals surface area contributed by atoms with Crippen LogP contribution in [0.15, 0.2) is 72.9 Å². The number of nitrogens with one attached hydrogen (secondary N) is 1. The molecule has 0 unspecified atom stereocenters. The highest BCUT2D eigenvalue weighted by molar-refractivity contribution is 5.94. The summed E-state index contributed by atoms with van der Waals surface area (Å²) in [6.07, 6.45) is 2.39. The molecule has 4 aromatic rings. The number of benzene rings is 2. The van der Waals surface area contributed by atoms with Gasteiger partial charge in [-0.2, -0.15) is 5.10 Å². The molecule has 0 spiro atoms. The van der Waals surface area contributed by atoms with Crippen LogP contribution in [0.1, 0.15) is 21.6 Å². The number of carbonyl (C=O) groups is 1. The van der Waals surface area contributed by atoms with Crippen LogP contribution in [0.5, 0.6) is 0 Å². The first-order valence-corrected chi connectivity index (χ1v) is 12.2. The highest BCUT2D eigenvalue weighted by Crippen LogP contribution is 2.28. The van der Waals surface area contributed by atoms with Crippen LogP contribution >= 0.6 is 0 Å². The van der Waals surface area contributed by atoms with Gasteiger partial charge in [0.05, 0.1) is 17.9 Å². The number of aromatic nitrogens is 3. The maximum absolute atomic E-state index is 12.2. The number of ether oxygens (including phenoxy) is 1. The molecule has 1 aliphatic rings. The van der Waals surface area contributed by atoms with Crippen molar-refractivity contribution in [2.45, 2.75) is 6.42 Å². The number of fused-ring (bicyclic) bond motifs is 1. The van der Waals surface area contributed by atoms with Gasteiger partial charge in [-0.25, -0.2) is 4.98 Å². The molecule has 0 aliphatic carbocycles. The second-order valence-electron chi connectivity index (χ2n) is 8.81. The predicted octanol–water partition coefficient (Wildman–Crippen LogP) is 3.32. The van der Waals surface area contributed by atoms with Crippen LogP contribution < -0.4 is 15.1 Å². The van der Waals surface area contributed by atoms with Crippen molar-refractivity contribution in [2.75, 3.05) is 56.2 Å². The van der Waals surface area contributed by atoms with Gasteiger partial charge in [-0.15, -0.1) is 5.10 Å². The minimum atomic E-state index is -0.142. The molecule has 0 saturated carbocycles. The van der Waals surface area contributed by atoms with Crippen molar-refractivity contribution >= 4 is 28.3 Å². The Morgan fingerprint density at radius 2 is 1.61 bits per heavy atom. The average molecular weight is 483 g/mol. The van der Waals surface area contributed by atoms with Gasteiger partial charge in [0.1, 0.15) is 5.82 Å². The maximum Gasteiger partial charge on any atom is 0.252 e. The number of amides is 1. The van der Waals surface area contributed by atoms with Crippen molar-refractivity contribution in [1.82, 2.24) is 20.5 Å². The molecule has 8 heteroatoms. The molecule has 8 nitrogen and oxygen atoms in total. The number of hydrogen-bond donors (Lipinski definition) is 1. The molecule has 2 aromatic heterocycles. The molecule has 1 aliphatic heterocycles. The van der Waals surface area contributed by atoms with E-state index >= 15 is 0 Å². The van der Waals surface area contributed by atoms with Gasteiger partial charge in [0, 0.05) is 63.2 Å². The van der Waals surface area contributed by atoms with E-state index in [2.05, 4.69) is 78.8 Å². The minimum Gasteiger partial charge on any atom is -0.383 e. The van der Waals surface area contributed by atoms with Crippen LogP contribution in [-0.4, -0.2) is 67.5 Å². The van der Waals surface area contributed by atoms with E-state index in [1.165, 1.54) is 5.56 Å². The molecule has 0 atom stereocenters. The van der Waals surface area contributed by atoms with Gasteiger partial charge in [-0.3, -0.25) is 4.79 Å². The SMILES string of the molecule is COCCNC(=O)c1ccc(N2CCN(c3nnc(Cc4ccccc4)c4ccccc34)CC2)nc1. The molecule has 1 amide bonds. The number of carbonyl (C=O) groups excluding carboxylic acids is 1. The van der Waals surface area contributed by atoms with Gasteiger partial charge in [0.15, 0.2) is 5.82 Å². The molecular formula is C28H30N6O2. The van der Waals surface area contributed by atoms with E-state index in [-0.39, 0.29) is 5.91 Å². The first-order valence-electron chi connectivity index (χ1n) is 12.2. The lowest BCUT2D eigenvalue weighted by atomic mass is 10.0. The van der Waals surface area contributed by atoms with Crippen molar-refractivity contribution < 1.29 is 9.53 Å². The Balaban J connectivity index is 1.26. The number of pyridine rings is 1. The molecule has 0 radical (unpaired) electrons. The number of anilines is 2. The summed E-state index contributed by atoms with van der Waals surface area (Å²) in [5.41, 5.74) is 2.77. The summed E-state index contributed by atoms with van der Waals surface area (Å²) in [7, 11) is 1.61. The lowest BCUT2D eigenvalue weighted by Gasteiger charge is -2.36. The Kier molecular flexibility index (Phi) is 7.33. The van der Waals surface area contributed by atoms with Crippen LogP contribution in [0.2, 0.25) is 0 Å². The summed E-state index contributed by atoms with van der Waals surface area (Å²) in [5.74, 6) is 1.66. The van der Waals surface area contributed by atoms with E-state index in [9.17, 15) is 4.79 Å². The first-order chi connectivity index (χ1) is 17.7. The molecule has 0 bridgehead atoms. The third-order valence-corrected chi connectivity index (χ3v) is 6.46. The van der Waals surface area contributed by atoms with E-state index < -0.39 is 0 Å². The summed E-state index contributed by atoms with van der Waals surface area (Å²) >= 11 is 0. The van der Waals surface area contributed by atoms with Gasteiger partial charge >= 0.3 is 0 Å². The fourth-order valence-corrected chi connectivity index (χ4v) is 4.52. The Hall–Kier alpha value is -4.04. The normalized spacial score (nSPS) is 13.7. The van der Waals surface area contributed by atoms with E-state index in [0.29, 0.717) is 18.7 Å². The summed E-state index contributed by atoms with van der Waals surface area (Å²) in [6, 6.07) is 22.5. The summed E-state index contributed by atoms with van der Waals surface area (Å²) in [6.45, 7) is 4.22. The molecule has 3 heterocycles. The van der Waals surface area contributed by atoms with Gasteiger partial charge in [-0.1, -0.05) is 54.6 Å². The topological polar surface area (TPSA) is 83.5 Å². The number of piperazine rings is 1. The number of methoxy groups -OCH3 is 1. The Bertz CT molecular complexity index is 1300. The van der Waals surface area contributed by atoms with Crippen LogP contribution in [0.3, 0.4) is 0 Å². The third-order valence-electron chi connectivity index (χ3n) is 6.46. The molecular weight excluding hydrogens is 452 g/mol. The number of hydrogen-bond acceptors (Lipinski definition) is 7. The Labute approximate surface area is 210 Å². The lowest BCUT2D eigenvalue weighted by molar-refractivity contribution is 0.0936. The molecule has 5 rings (SSSR count). The zero-order valence-electron chi connectivity index (χ0n) is 20.4. The van der Waals surface area contributed by atoms with E-state index in [0.717, 1.165) is 60.7 Å². The standard InChI is InChI=1S/C28H30N6O2/c1-36-18-13-29-28(35)22-11-12-26(30-20-22)33-14-16-34(17-15-33)27-24-10-6-5-9-23(24)25(31-32-27)19-21-7-3-2-4-8-21/h2-12,20H,13-19H2,1H3,(H,29,35). The van der Waals surface area contributed by atoms with E-state index in [4.69, 9.17) is 4.74 Å². The van der Waals surface area contributed by atoms with Crippen LogP contribution in [0.25, 0.3) is 10.8 Å². The second kappa shape index (κ2) is 11.1. The second-order valence-corrected chi connectivity index (χ2v) is 8.81. The zero-order valence-corrected chi connectivity index (χ0v) is 20.4. The number of rotatable bonds is 8. The van der Waals surface area contributed by atoms with Crippen LogP contribution in [0, 0.1) is 0 Å². The average Bonchev–Trinajstić information content (AvgIpc) is 2.94. The molecule has 184 valence electrons. The smallest absolute Gasteiger partial charge is 0.252 e. The molecule has 1 saturated heterocycles. The first kappa shape index (κ1) is 23.7. The van der Waals surface area contributed by atoms with Crippen molar-refractivity contribution in [3.63, 3.8) is 0 Å². The van der Waals surface area contributed by atoms with Crippen LogP contribution in [0.4, 0.5) is 11.6 Å². The lowest BCUT2D eigenvalue weighted by Crippen LogP contribution is -2.47. The van der Waals surface area contributed by atoms with Gasteiger partial charge in [-0.05, 0) is 17.7 Å². The predicted molar refractivity (Wildman–Crippen MR) is 142 cm³/mol. The van der Waals surface area contributed by atoms with Crippen molar-refractivity contribution in [3.8, 4) is 0 Å². The maximum atomic E-state index is 12.2. The fraction of sp³-hybridized carbons (Fsp3) is 0.286. The Morgan fingerprint density at radius 1 is 0.889 bits per heavy atom. The van der Waals surface area contributed by atoms with Crippen molar-refractivity contribution in [1.29, 1.82) is 0 Å². The largest absolute Gasteiger partial charge is 0.383 e. The quantitative estimate of drug-likeness (QED) is 0.386. The van der Waals surface area contributed by atoms with Gasteiger partial charge in [0.2, 0.25) is 0 Å². The highest BCUT2D eigenvalue weighted by atomic mass is 16.5. The molecule has 2 aromatic carbocycles. The fourth-order valence-electron chi connectivity index (χ4n) is 4.52. The van der Waals surface area contributed by atoms with Crippen molar-refractivity contribution in [3.05, 3.63) is 89.7 Å². The summed E-state index contributed by atoms with van der Waals surface area (Å²) < 4.78 is 4.97. The van der Waals surface area contributed by atoms with Crippen LogP contribution in [-0.2, 0) is 11.2 Å². The van der Waals surface area contributed by atoms with Gasteiger partial charge < -0.3 is 19.9 Å². The minimum absolute atomic E-state index is 0.142. The third kappa shape index (κ3) is 5.28. The van der Waals surface area contributed by atoms with Gasteiger partial charge in [0.25, 0.3) is 5.91 Å². The highest BCUT2D eigenvalue weighted by Gasteiger charge is 2.22. The monoisotopic (exact) mass is 482 g/mol. The summed E-state index contributed by atoms with van der Waals surface area (Å²) in [5, 5.41) is 14.4. The zero-order chi connectivity index (χ0) is 24.7. The Morgan fingerprint density at radius 3 is 2.33 bits per heavy atom. The number of nitrogens with zero attached hydrogens (tertiary/aromatic N) is 5.